The number of amides is 1. The molecule has 0 saturated heterocycles. The molecule has 0 aromatic carbocycles. The van der Waals surface area contributed by atoms with Gasteiger partial charge in [0.2, 0.25) is 5.91 Å². The fraction of sp³-hybridized carbons (Fsp3) is 0.417. The Kier molecular flexibility index (Phi) is 4.03. The summed E-state index contributed by atoms with van der Waals surface area (Å²) in [7, 11) is 0. The van der Waals surface area contributed by atoms with E-state index in [4.69, 9.17) is 5.11 Å². The summed E-state index contributed by atoms with van der Waals surface area (Å²) >= 11 is 1.34. The van der Waals surface area contributed by atoms with Crippen LogP contribution in [-0.4, -0.2) is 37.0 Å². The smallest absolute Gasteiger partial charge is 0.358 e. The molecule has 9 heteroatoms. The molecule has 0 unspecified atom stereocenters. The second kappa shape index (κ2) is 5.60. The van der Waals surface area contributed by atoms with E-state index < -0.39 is 5.97 Å². The minimum atomic E-state index is -1.18. The number of carboxylic acid groups (broad SMARTS) is 1. The monoisotopic (exact) mass is 309 g/mol. The van der Waals surface area contributed by atoms with Gasteiger partial charge < -0.3 is 10.4 Å². The number of hydrogen-bond acceptors (Lipinski definition) is 6. The molecular weight excluding hydrogens is 294 g/mol. The molecule has 112 valence electrons. The molecule has 0 aliphatic rings. The van der Waals surface area contributed by atoms with Crippen molar-refractivity contribution in [3.05, 3.63) is 23.0 Å². The Bertz CT molecular complexity index is 670. The van der Waals surface area contributed by atoms with Crippen molar-refractivity contribution in [2.45, 2.75) is 32.7 Å². The number of thiazole rings is 1. The summed E-state index contributed by atoms with van der Waals surface area (Å²) in [6, 6.07) is 0. The van der Waals surface area contributed by atoms with E-state index in [2.05, 4.69) is 20.6 Å². The van der Waals surface area contributed by atoms with Crippen LogP contribution in [0.15, 0.2) is 11.6 Å². The van der Waals surface area contributed by atoms with E-state index in [0.717, 1.165) is 10.4 Å². The van der Waals surface area contributed by atoms with Crippen molar-refractivity contribution < 1.29 is 14.7 Å². The van der Waals surface area contributed by atoms with E-state index in [1.165, 1.54) is 17.5 Å². The largest absolute Gasteiger partial charge is 0.476 e. The first-order chi connectivity index (χ1) is 9.75. The van der Waals surface area contributed by atoms with Crippen LogP contribution in [0.3, 0.4) is 0 Å². The lowest BCUT2D eigenvalue weighted by molar-refractivity contribution is -0.116. The molecule has 2 aromatic rings. The number of nitrogens with one attached hydrogen (secondary N) is 1. The Labute approximate surface area is 124 Å². The zero-order valence-electron chi connectivity index (χ0n) is 11.8. The maximum atomic E-state index is 11.8. The van der Waals surface area contributed by atoms with Gasteiger partial charge in [0.25, 0.3) is 0 Å². The van der Waals surface area contributed by atoms with Gasteiger partial charge >= 0.3 is 5.97 Å². The maximum Gasteiger partial charge on any atom is 0.358 e. The molecule has 0 saturated carbocycles. The number of aromatic carboxylic acids is 1. The third kappa shape index (κ3) is 3.85. The minimum Gasteiger partial charge on any atom is -0.476 e. The Balaban J connectivity index is 1.98. The zero-order valence-corrected chi connectivity index (χ0v) is 12.6. The van der Waals surface area contributed by atoms with E-state index in [0.29, 0.717) is 5.13 Å². The summed E-state index contributed by atoms with van der Waals surface area (Å²) < 4.78 is 1.16. The second-order valence-corrected chi connectivity index (χ2v) is 6.30. The van der Waals surface area contributed by atoms with Crippen LogP contribution in [0, 0.1) is 0 Å². The molecule has 0 aliphatic heterocycles. The van der Waals surface area contributed by atoms with Crippen molar-refractivity contribution in [3.8, 4) is 0 Å². The van der Waals surface area contributed by atoms with Gasteiger partial charge in [0, 0.05) is 10.8 Å². The predicted molar refractivity (Wildman–Crippen MR) is 76.4 cm³/mol. The molecule has 8 nitrogen and oxygen atoms in total. The average molecular weight is 309 g/mol. The van der Waals surface area contributed by atoms with Gasteiger partial charge in [0.1, 0.15) is 6.54 Å². The van der Waals surface area contributed by atoms with Gasteiger partial charge in [0.05, 0.1) is 11.9 Å². The average Bonchev–Trinajstić information content (AvgIpc) is 2.97. The Morgan fingerprint density at radius 2 is 2.14 bits per heavy atom. The van der Waals surface area contributed by atoms with Crippen LogP contribution in [0.5, 0.6) is 0 Å². The molecule has 21 heavy (non-hydrogen) atoms. The van der Waals surface area contributed by atoms with Crippen molar-refractivity contribution in [1.82, 2.24) is 20.0 Å². The van der Waals surface area contributed by atoms with Crippen molar-refractivity contribution in [1.29, 1.82) is 0 Å². The highest BCUT2D eigenvalue weighted by Crippen LogP contribution is 2.26. The van der Waals surface area contributed by atoms with Crippen LogP contribution in [0.25, 0.3) is 0 Å². The fourth-order valence-electron chi connectivity index (χ4n) is 1.46. The van der Waals surface area contributed by atoms with Crippen LogP contribution in [0.1, 0.15) is 37.0 Å². The van der Waals surface area contributed by atoms with Crippen LogP contribution >= 0.6 is 11.3 Å². The first-order valence-corrected chi connectivity index (χ1v) is 7.03. The van der Waals surface area contributed by atoms with E-state index in [1.807, 2.05) is 26.2 Å². The summed E-state index contributed by atoms with van der Waals surface area (Å²) in [5, 5.41) is 20.8. The highest BCUT2D eigenvalue weighted by molar-refractivity contribution is 7.13. The molecule has 0 aliphatic carbocycles. The first-order valence-electron chi connectivity index (χ1n) is 6.15. The lowest BCUT2D eigenvalue weighted by Gasteiger charge is -2.14. The normalized spacial score (nSPS) is 11.4. The molecule has 0 atom stereocenters. The number of aromatic nitrogens is 4. The predicted octanol–water partition coefficient (Wildman–Crippen LogP) is 1.37. The van der Waals surface area contributed by atoms with Crippen LogP contribution in [0.2, 0.25) is 0 Å². The molecule has 0 fully saturated rings. The summed E-state index contributed by atoms with van der Waals surface area (Å²) in [5.41, 5.74) is 0.616. The molecule has 2 heterocycles. The van der Waals surface area contributed by atoms with Crippen LogP contribution in [-0.2, 0) is 16.8 Å². The van der Waals surface area contributed by atoms with Crippen LogP contribution < -0.4 is 5.32 Å². The summed E-state index contributed by atoms with van der Waals surface area (Å²) in [5.74, 6) is -1.52. The van der Waals surface area contributed by atoms with Crippen molar-refractivity contribution in [3.63, 3.8) is 0 Å². The molecule has 2 N–H and O–H groups in total. The third-order valence-corrected chi connectivity index (χ3v) is 3.34. The standard InChI is InChI=1S/C12H15N5O3S/c1-12(2,3)8-6-21-11(13-8)14-9(18)5-17-4-7(10(19)20)15-16-17/h4,6H,5H2,1-3H3,(H,19,20)(H,13,14,18). The number of carbonyl (C=O) groups excluding carboxylic acids is 1. The number of carbonyl (C=O) groups is 2. The lowest BCUT2D eigenvalue weighted by atomic mass is 9.93. The van der Waals surface area contributed by atoms with Gasteiger partial charge in [-0.05, 0) is 0 Å². The molecule has 2 rings (SSSR count). The highest BCUT2D eigenvalue weighted by atomic mass is 32.1. The SMILES string of the molecule is CC(C)(C)c1csc(NC(=O)Cn2cc(C(=O)O)nn2)n1. The van der Waals surface area contributed by atoms with Crippen molar-refractivity contribution in [2.75, 3.05) is 5.32 Å². The Morgan fingerprint density at radius 1 is 1.43 bits per heavy atom. The van der Waals surface area contributed by atoms with Gasteiger partial charge in [-0.25, -0.2) is 14.5 Å². The molecule has 1 amide bonds. The molecule has 0 bridgehead atoms. The molecule has 0 spiro atoms. The molecule has 2 aromatic heterocycles. The maximum absolute atomic E-state index is 11.8. The van der Waals surface area contributed by atoms with E-state index >= 15 is 0 Å². The number of nitrogens with zero attached hydrogens (tertiary/aromatic N) is 4. The van der Waals surface area contributed by atoms with E-state index in [1.54, 1.807) is 0 Å². The summed E-state index contributed by atoms with van der Waals surface area (Å²) in [6.45, 7) is 5.99. The quantitative estimate of drug-likeness (QED) is 0.882. The van der Waals surface area contributed by atoms with Gasteiger partial charge in [0.15, 0.2) is 10.8 Å². The molecule has 0 radical (unpaired) electrons. The first kappa shape index (κ1) is 15.1. The van der Waals surface area contributed by atoms with Gasteiger partial charge in [-0.3, -0.25) is 4.79 Å². The van der Waals surface area contributed by atoms with Crippen LogP contribution in [0.4, 0.5) is 5.13 Å². The minimum absolute atomic E-state index is 0.0816. The Morgan fingerprint density at radius 3 is 2.67 bits per heavy atom. The van der Waals surface area contributed by atoms with Gasteiger partial charge in [-0.1, -0.05) is 26.0 Å². The fourth-order valence-corrected chi connectivity index (χ4v) is 2.41. The summed E-state index contributed by atoms with van der Waals surface area (Å²) in [6.07, 6.45) is 1.20. The second-order valence-electron chi connectivity index (χ2n) is 5.44. The number of carboxylic acids is 1. The third-order valence-electron chi connectivity index (χ3n) is 2.58. The zero-order chi connectivity index (χ0) is 15.6. The lowest BCUT2D eigenvalue weighted by Crippen LogP contribution is -2.19. The highest BCUT2D eigenvalue weighted by Gasteiger charge is 2.18. The number of hydrogen-bond donors (Lipinski definition) is 2. The number of anilines is 1. The van der Waals surface area contributed by atoms with Crippen molar-refractivity contribution in [2.24, 2.45) is 0 Å². The van der Waals surface area contributed by atoms with E-state index in [-0.39, 0.29) is 23.6 Å². The van der Waals surface area contributed by atoms with Gasteiger partial charge in [-0.15, -0.1) is 16.4 Å². The summed E-state index contributed by atoms with van der Waals surface area (Å²) in [4.78, 5) is 26.8. The molecular formula is C12H15N5O3S. The van der Waals surface area contributed by atoms with Crippen molar-refractivity contribution >= 4 is 28.3 Å². The Hall–Kier alpha value is -2.29. The van der Waals surface area contributed by atoms with Gasteiger partial charge in [-0.2, -0.15) is 0 Å². The number of rotatable bonds is 4. The topological polar surface area (TPSA) is 110 Å². The van der Waals surface area contributed by atoms with E-state index in [9.17, 15) is 9.59 Å².